The number of aromatic nitrogens is 1. The maximum absolute atomic E-state index is 15.3. The molecule has 1 unspecified atom stereocenters. The summed E-state index contributed by atoms with van der Waals surface area (Å²) < 4.78 is 40.5. The van der Waals surface area contributed by atoms with Gasteiger partial charge in [0.1, 0.15) is 0 Å². The van der Waals surface area contributed by atoms with Gasteiger partial charge >= 0.3 is 6.55 Å². The number of aliphatic imine (C=N–C) groups is 1. The molecule has 1 saturated heterocycles. The minimum Gasteiger partial charge on any atom is -0.404 e. The molecule has 0 saturated carbocycles. The molecule has 31 heavy (non-hydrogen) atoms. The van der Waals surface area contributed by atoms with E-state index in [0.29, 0.717) is 25.9 Å². The third kappa shape index (κ3) is 4.39. The first-order valence-corrected chi connectivity index (χ1v) is 9.66. The molecule has 2 aliphatic heterocycles. The summed E-state index contributed by atoms with van der Waals surface area (Å²) in [5.41, 5.74) is 5.53. The van der Waals surface area contributed by atoms with Crippen LogP contribution < -0.4 is 16.0 Å². The molecule has 1 fully saturated rings. The highest BCUT2D eigenvalue weighted by Gasteiger charge is 2.34. The Morgan fingerprint density at radius 2 is 2.23 bits per heavy atom. The molecule has 1 atom stereocenters. The fourth-order valence-corrected chi connectivity index (χ4v) is 3.80. The number of pyridine rings is 1. The lowest BCUT2D eigenvalue weighted by atomic mass is 10.0. The third-order valence-corrected chi connectivity index (χ3v) is 5.41. The molecule has 3 rings (SSSR count). The van der Waals surface area contributed by atoms with Crippen LogP contribution in [0.2, 0.25) is 0 Å². The van der Waals surface area contributed by atoms with Gasteiger partial charge in [0.2, 0.25) is 5.91 Å². The summed E-state index contributed by atoms with van der Waals surface area (Å²) in [5.74, 6) is -1.54. The van der Waals surface area contributed by atoms with Crippen LogP contribution in [0.1, 0.15) is 34.5 Å². The van der Waals surface area contributed by atoms with Crippen molar-refractivity contribution in [1.82, 2.24) is 15.2 Å². The summed E-state index contributed by atoms with van der Waals surface area (Å²) in [6.07, 6.45) is 4.43. The van der Waals surface area contributed by atoms with Gasteiger partial charge in [-0.05, 0) is 18.9 Å². The number of piperidine rings is 1. The molecular weight excluding hydrogens is 413 g/mol. The molecule has 3 N–H and O–H groups in total. The van der Waals surface area contributed by atoms with Crippen molar-refractivity contribution in [1.29, 1.82) is 0 Å². The van der Waals surface area contributed by atoms with Crippen molar-refractivity contribution < 1.29 is 22.8 Å². The van der Waals surface area contributed by atoms with Gasteiger partial charge in [0.15, 0.2) is 11.6 Å². The molecular formula is C20H23F3N6O2. The van der Waals surface area contributed by atoms with Crippen molar-refractivity contribution in [3.05, 3.63) is 41.5 Å². The normalized spacial score (nSPS) is 19.0. The monoisotopic (exact) mass is 436 g/mol. The highest BCUT2D eigenvalue weighted by atomic mass is 19.3. The van der Waals surface area contributed by atoms with Crippen LogP contribution in [0.25, 0.3) is 5.57 Å². The quantitative estimate of drug-likeness (QED) is 0.401. The average Bonchev–Trinajstić information content (AvgIpc) is 3.16. The first kappa shape index (κ1) is 22.3. The van der Waals surface area contributed by atoms with Crippen LogP contribution in [0.5, 0.6) is 0 Å². The van der Waals surface area contributed by atoms with Crippen molar-refractivity contribution >= 4 is 29.4 Å². The Kier molecular flexibility index (Phi) is 6.62. The van der Waals surface area contributed by atoms with E-state index in [0.717, 1.165) is 12.4 Å². The molecule has 0 aromatic carbocycles. The van der Waals surface area contributed by atoms with Crippen molar-refractivity contribution in [3.8, 4) is 0 Å². The van der Waals surface area contributed by atoms with Crippen molar-refractivity contribution in [2.75, 3.05) is 25.0 Å². The van der Waals surface area contributed by atoms with E-state index in [9.17, 15) is 18.4 Å². The smallest absolute Gasteiger partial charge is 0.331 e. The number of anilines is 1. The number of likely N-dealkylation sites (tertiary alicyclic amines) is 1. The lowest BCUT2D eigenvalue weighted by Gasteiger charge is -2.38. The number of halogens is 3. The number of amides is 2. The van der Waals surface area contributed by atoms with Gasteiger partial charge in [-0.1, -0.05) is 6.58 Å². The first-order chi connectivity index (χ1) is 14.8. The summed E-state index contributed by atoms with van der Waals surface area (Å²) in [6, 6.07) is -0.240. The molecule has 0 bridgehead atoms. The summed E-state index contributed by atoms with van der Waals surface area (Å²) in [5, 5.41) is 2.52. The van der Waals surface area contributed by atoms with Gasteiger partial charge in [0.25, 0.3) is 5.91 Å². The van der Waals surface area contributed by atoms with Crippen LogP contribution in [0.15, 0.2) is 23.8 Å². The fourth-order valence-electron chi connectivity index (χ4n) is 3.80. The largest absolute Gasteiger partial charge is 0.404 e. The van der Waals surface area contributed by atoms with Gasteiger partial charge in [-0.15, -0.1) is 0 Å². The number of carbonyl (C=O) groups excluding carboxylic acids is 2. The zero-order chi connectivity index (χ0) is 22.7. The summed E-state index contributed by atoms with van der Waals surface area (Å²) in [7, 11) is 1.64. The lowest BCUT2D eigenvalue weighted by molar-refractivity contribution is -0.127. The molecule has 0 aliphatic carbocycles. The lowest BCUT2D eigenvalue weighted by Crippen LogP contribution is -2.48. The van der Waals surface area contributed by atoms with E-state index in [1.807, 2.05) is 0 Å². The molecule has 0 spiro atoms. The number of nitrogens with two attached hydrogens (primary N) is 1. The molecule has 2 aliphatic rings. The van der Waals surface area contributed by atoms with Crippen LogP contribution in [-0.4, -0.2) is 60.6 Å². The fraction of sp³-hybridized carbons (Fsp3) is 0.400. The number of nitrogens with one attached hydrogen (secondary N) is 1. The maximum Gasteiger partial charge on any atom is 0.331 e. The molecule has 11 heteroatoms. The van der Waals surface area contributed by atoms with Crippen molar-refractivity contribution in [2.24, 2.45) is 10.7 Å². The number of hydrogen-bond acceptors (Lipinski definition) is 6. The number of nitrogens with zero attached hydrogens (tertiary/aromatic N) is 4. The molecule has 0 radical (unpaired) electrons. The van der Waals surface area contributed by atoms with E-state index < -0.39 is 18.3 Å². The second kappa shape index (κ2) is 9.19. The highest BCUT2D eigenvalue weighted by Crippen LogP contribution is 2.32. The standard InChI is InChI=1S/C20H23F3N6O2/c1-3-14(30)29-6-4-5-12(10-29)28(2)18-16(21)13-9-25-19(31)15(13)17(27-18)11(7-24)8-26-20(22)23/h3,7-8,12,20H,1,4-6,9-10,24H2,2H3,(H,25,31). The molecule has 166 valence electrons. The molecule has 8 nitrogen and oxygen atoms in total. The third-order valence-electron chi connectivity index (χ3n) is 5.41. The van der Waals surface area contributed by atoms with Crippen LogP contribution in [0, 0.1) is 5.82 Å². The number of hydrogen-bond donors (Lipinski definition) is 2. The highest BCUT2D eigenvalue weighted by molar-refractivity contribution is 6.14. The number of alkyl halides is 2. The summed E-state index contributed by atoms with van der Waals surface area (Å²) in [6.45, 7) is 1.37. The summed E-state index contributed by atoms with van der Waals surface area (Å²) >= 11 is 0. The van der Waals surface area contributed by atoms with Crippen molar-refractivity contribution in [3.63, 3.8) is 0 Å². The van der Waals surface area contributed by atoms with E-state index in [4.69, 9.17) is 5.73 Å². The second-order valence-corrected chi connectivity index (χ2v) is 7.21. The van der Waals surface area contributed by atoms with E-state index in [-0.39, 0.29) is 46.7 Å². The molecule has 2 amide bonds. The van der Waals surface area contributed by atoms with E-state index >= 15 is 4.39 Å². The summed E-state index contributed by atoms with van der Waals surface area (Å²) in [4.78, 5) is 34.8. The number of rotatable bonds is 6. The van der Waals surface area contributed by atoms with Crippen LogP contribution >= 0.6 is 0 Å². The van der Waals surface area contributed by atoms with Crippen LogP contribution in [0.3, 0.4) is 0 Å². The number of fused-ring (bicyclic) bond motifs is 1. The second-order valence-electron chi connectivity index (χ2n) is 7.21. The van der Waals surface area contributed by atoms with Crippen LogP contribution in [-0.2, 0) is 11.3 Å². The number of carbonyl (C=O) groups is 2. The minimum atomic E-state index is -2.98. The van der Waals surface area contributed by atoms with Gasteiger partial charge < -0.3 is 20.9 Å². The first-order valence-electron chi connectivity index (χ1n) is 9.66. The van der Waals surface area contributed by atoms with Gasteiger partial charge in [-0.2, -0.15) is 8.78 Å². The number of allylic oxidation sites excluding steroid dienone is 1. The Hall–Kier alpha value is -3.37. The van der Waals surface area contributed by atoms with Crippen LogP contribution in [0.4, 0.5) is 19.0 Å². The average molecular weight is 436 g/mol. The predicted molar refractivity (Wildman–Crippen MR) is 110 cm³/mol. The van der Waals surface area contributed by atoms with E-state index in [1.165, 1.54) is 6.08 Å². The minimum absolute atomic E-state index is 0.0321. The van der Waals surface area contributed by atoms with E-state index in [2.05, 4.69) is 21.9 Å². The van der Waals surface area contributed by atoms with Gasteiger partial charge in [0.05, 0.1) is 11.3 Å². The SMILES string of the molecule is C=CC(=O)N1CCCC(N(C)c2nc(C(C=NC(F)F)=CN)c3c(c2F)CNC3=O)C1. The van der Waals surface area contributed by atoms with Gasteiger partial charge in [-0.3, -0.25) is 9.59 Å². The van der Waals surface area contributed by atoms with E-state index in [1.54, 1.807) is 16.8 Å². The Morgan fingerprint density at radius 1 is 1.48 bits per heavy atom. The Bertz CT molecular complexity index is 963. The zero-order valence-corrected chi connectivity index (χ0v) is 16.9. The Balaban J connectivity index is 2.04. The van der Waals surface area contributed by atoms with Crippen molar-refractivity contribution in [2.45, 2.75) is 32.0 Å². The maximum atomic E-state index is 15.3. The Morgan fingerprint density at radius 3 is 2.87 bits per heavy atom. The molecule has 1 aromatic heterocycles. The molecule has 3 heterocycles. The predicted octanol–water partition coefficient (Wildman–Crippen LogP) is 1.67. The topological polar surface area (TPSA) is 104 Å². The number of likely N-dealkylation sites (N-methyl/N-ethyl adjacent to an activating group) is 1. The molecule has 1 aromatic rings. The van der Waals surface area contributed by atoms with Gasteiger partial charge in [-0.25, -0.2) is 14.4 Å². The zero-order valence-electron chi connectivity index (χ0n) is 16.9. The van der Waals surface area contributed by atoms with Gasteiger partial charge in [0, 0.05) is 56.3 Å². The Labute approximate surface area is 177 Å².